The van der Waals surface area contributed by atoms with Crippen molar-refractivity contribution in [1.29, 1.82) is 0 Å². The molecule has 1 aromatic carbocycles. The van der Waals surface area contributed by atoms with Gasteiger partial charge in [0.2, 0.25) is 0 Å². The number of hydrogen-bond donors (Lipinski definition) is 1. The average Bonchev–Trinajstić information content (AvgIpc) is 2.74. The molecule has 19 heavy (non-hydrogen) atoms. The third-order valence-corrected chi connectivity index (χ3v) is 4.20. The molecule has 0 unspecified atom stereocenters. The second kappa shape index (κ2) is 5.51. The highest BCUT2D eigenvalue weighted by Gasteiger charge is 2.37. The number of benzene rings is 1. The van der Waals surface area contributed by atoms with E-state index in [-0.39, 0.29) is 18.4 Å². The lowest BCUT2D eigenvalue weighted by Crippen LogP contribution is -2.30. The van der Waals surface area contributed by atoms with Gasteiger partial charge in [-0.25, -0.2) is 0 Å². The minimum atomic E-state index is -0.858. The summed E-state index contributed by atoms with van der Waals surface area (Å²) in [4.78, 5) is 25.0. The molecule has 0 radical (unpaired) electrons. The molecular formula is C13H13BrClNO3. The number of nitrogens with zero attached hydrogens (tertiary/aromatic N) is 1. The van der Waals surface area contributed by atoms with Crippen LogP contribution >= 0.6 is 27.5 Å². The summed E-state index contributed by atoms with van der Waals surface area (Å²) in [6.07, 6.45) is 0. The predicted molar refractivity (Wildman–Crippen MR) is 75.3 cm³/mol. The predicted octanol–water partition coefficient (Wildman–Crippen LogP) is 2.90. The van der Waals surface area contributed by atoms with Crippen LogP contribution in [0.15, 0.2) is 22.7 Å². The maximum atomic E-state index is 12.4. The number of amides is 1. The van der Waals surface area contributed by atoms with Crippen molar-refractivity contribution in [3.8, 4) is 0 Å². The largest absolute Gasteiger partial charge is 0.481 e. The van der Waals surface area contributed by atoms with Gasteiger partial charge in [0.1, 0.15) is 0 Å². The first-order chi connectivity index (χ1) is 8.90. The summed E-state index contributed by atoms with van der Waals surface area (Å²) in [5, 5.41) is 9.46. The zero-order chi connectivity index (χ0) is 14.2. The Kier molecular flexibility index (Phi) is 4.16. The average molecular weight is 347 g/mol. The van der Waals surface area contributed by atoms with E-state index >= 15 is 0 Å². The molecule has 6 heteroatoms. The summed E-state index contributed by atoms with van der Waals surface area (Å²) in [6.45, 7) is 2.52. The van der Waals surface area contributed by atoms with Crippen molar-refractivity contribution >= 4 is 39.4 Å². The van der Waals surface area contributed by atoms with E-state index in [4.69, 9.17) is 16.7 Å². The zero-order valence-corrected chi connectivity index (χ0v) is 12.6. The van der Waals surface area contributed by atoms with E-state index in [2.05, 4.69) is 15.9 Å². The van der Waals surface area contributed by atoms with Gasteiger partial charge < -0.3 is 10.0 Å². The van der Waals surface area contributed by atoms with E-state index in [9.17, 15) is 9.59 Å². The minimum Gasteiger partial charge on any atom is -0.481 e. The van der Waals surface area contributed by atoms with Gasteiger partial charge in [0.05, 0.1) is 16.5 Å². The van der Waals surface area contributed by atoms with Crippen LogP contribution in [0.1, 0.15) is 17.3 Å². The number of carboxylic acids is 1. The van der Waals surface area contributed by atoms with Crippen molar-refractivity contribution in [2.75, 3.05) is 13.1 Å². The zero-order valence-electron chi connectivity index (χ0n) is 10.3. The summed E-state index contributed by atoms with van der Waals surface area (Å²) in [5.41, 5.74) is 0.397. The Morgan fingerprint density at radius 2 is 2.11 bits per heavy atom. The molecule has 1 aliphatic heterocycles. The normalized spacial score (nSPS) is 22.6. The number of hydrogen-bond acceptors (Lipinski definition) is 2. The van der Waals surface area contributed by atoms with Crippen LogP contribution in [-0.4, -0.2) is 35.0 Å². The number of aliphatic carboxylic acids is 1. The highest BCUT2D eigenvalue weighted by molar-refractivity contribution is 9.10. The van der Waals surface area contributed by atoms with E-state index in [1.807, 2.05) is 6.92 Å². The molecule has 1 heterocycles. The molecule has 102 valence electrons. The molecule has 1 aromatic rings. The standard InChI is InChI=1S/C13H13BrClNO3/c1-7-5-16(6-10(7)13(18)19)12(17)9-4-8(14)2-3-11(9)15/h2-4,7,10H,5-6H2,1H3,(H,18,19)/t7-,10-/m1/s1. The summed E-state index contributed by atoms with van der Waals surface area (Å²) in [5.74, 6) is -1.63. The van der Waals surface area contributed by atoms with Gasteiger partial charge in [-0.3, -0.25) is 9.59 Å². The van der Waals surface area contributed by atoms with Crippen LogP contribution in [0, 0.1) is 11.8 Å². The highest BCUT2D eigenvalue weighted by Crippen LogP contribution is 2.28. The molecule has 1 fully saturated rings. The molecule has 1 aliphatic rings. The van der Waals surface area contributed by atoms with Crippen molar-refractivity contribution in [2.45, 2.75) is 6.92 Å². The maximum Gasteiger partial charge on any atom is 0.308 e. The Balaban J connectivity index is 2.22. The van der Waals surface area contributed by atoms with Crippen LogP contribution in [0.25, 0.3) is 0 Å². The molecule has 2 rings (SSSR count). The third kappa shape index (κ3) is 2.92. The number of carboxylic acid groups (broad SMARTS) is 1. The quantitative estimate of drug-likeness (QED) is 0.896. The first kappa shape index (κ1) is 14.3. The smallest absolute Gasteiger partial charge is 0.308 e. The first-order valence-corrected chi connectivity index (χ1v) is 7.04. The van der Waals surface area contributed by atoms with Gasteiger partial charge in [0, 0.05) is 17.6 Å². The van der Waals surface area contributed by atoms with E-state index in [1.165, 1.54) is 0 Å². The van der Waals surface area contributed by atoms with Crippen molar-refractivity contribution in [3.05, 3.63) is 33.3 Å². The first-order valence-electron chi connectivity index (χ1n) is 5.87. The van der Waals surface area contributed by atoms with Crippen LogP contribution in [0.2, 0.25) is 5.02 Å². The Morgan fingerprint density at radius 3 is 2.68 bits per heavy atom. The van der Waals surface area contributed by atoms with Crippen molar-refractivity contribution in [2.24, 2.45) is 11.8 Å². The summed E-state index contributed by atoms with van der Waals surface area (Å²) in [7, 11) is 0. The number of carbonyl (C=O) groups excluding carboxylic acids is 1. The fourth-order valence-electron chi connectivity index (χ4n) is 2.29. The third-order valence-electron chi connectivity index (χ3n) is 3.38. The lowest BCUT2D eigenvalue weighted by atomic mass is 9.99. The molecule has 0 bridgehead atoms. The van der Waals surface area contributed by atoms with Gasteiger partial charge in [-0.05, 0) is 24.1 Å². The molecular weight excluding hydrogens is 334 g/mol. The lowest BCUT2D eigenvalue weighted by molar-refractivity contribution is -0.142. The topological polar surface area (TPSA) is 57.6 Å². The monoisotopic (exact) mass is 345 g/mol. The maximum absolute atomic E-state index is 12.4. The molecule has 0 aliphatic carbocycles. The van der Waals surface area contributed by atoms with Crippen molar-refractivity contribution < 1.29 is 14.7 Å². The second-order valence-corrected chi connectivity index (χ2v) is 6.08. The van der Waals surface area contributed by atoms with Crippen molar-refractivity contribution in [1.82, 2.24) is 4.90 Å². The SMILES string of the molecule is C[C@@H]1CN(C(=O)c2cc(Br)ccc2Cl)C[C@H]1C(=O)O. The van der Waals surface area contributed by atoms with E-state index in [1.54, 1.807) is 23.1 Å². The second-order valence-electron chi connectivity index (χ2n) is 4.76. The molecule has 0 saturated carbocycles. The van der Waals surface area contributed by atoms with Gasteiger partial charge in [-0.15, -0.1) is 0 Å². The van der Waals surface area contributed by atoms with Gasteiger partial charge >= 0.3 is 5.97 Å². The van der Waals surface area contributed by atoms with Crippen LogP contribution in [0.3, 0.4) is 0 Å². The molecule has 1 amide bonds. The van der Waals surface area contributed by atoms with Gasteiger partial charge in [-0.2, -0.15) is 0 Å². The molecule has 0 spiro atoms. The number of halogens is 2. The summed E-state index contributed by atoms with van der Waals surface area (Å²) < 4.78 is 0.766. The van der Waals surface area contributed by atoms with E-state index in [0.717, 1.165) is 4.47 Å². The van der Waals surface area contributed by atoms with E-state index in [0.29, 0.717) is 17.1 Å². The number of rotatable bonds is 2. The Labute approximate surface area is 124 Å². The van der Waals surface area contributed by atoms with Gasteiger partial charge in [-0.1, -0.05) is 34.5 Å². The van der Waals surface area contributed by atoms with Crippen LogP contribution in [-0.2, 0) is 4.79 Å². The minimum absolute atomic E-state index is 0.0487. The number of likely N-dealkylation sites (tertiary alicyclic amines) is 1. The Bertz CT molecular complexity index is 535. The summed E-state index contributed by atoms with van der Waals surface area (Å²) in [6, 6.07) is 5.06. The van der Waals surface area contributed by atoms with Crippen LogP contribution < -0.4 is 0 Å². The van der Waals surface area contributed by atoms with E-state index < -0.39 is 11.9 Å². The molecule has 4 nitrogen and oxygen atoms in total. The molecule has 1 saturated heterocycles. The van der Waals surface area contributed by atoms with Gasteiger partial charge in [0.15, 0.2) is 0 Å². The van der Waals surface area contributed by atoms with Gasteiger partial charge in [0.25, 0.3) is 5.91 Å². The Morgan fingerprint density at radius 1 is 1.42 bits per heavy atom. The lowest BCUT2D eigenvalue weighted by Gasteiger charge is -2.17. The van der Waals surface area contributed by atoms with Crippen LogP contribution in [0.4, 0.5) is 0 Å². The van der Waals surface area contributed by atoms with Crippen LogP contribution in [0.5, 0.6) is 0 Å². The van der Waals surface area contributed by atoms with Crippen molar-refractivity contribution in [3.63, 3.8) is 0 Å². The fraction of sp³-hybridized carbons (Fsp3) is 0.385. The number of carbonyl (C=O) groups is 2. The molecule has 0 aromatic heterocycles. The molecule has 1 N–H and O–H groups in total. The summed E-state index contributed by atoms with van der Waals surface area (Å²) >= 11 is 9.32. The molecule has 2 atom stereocenters. The highest BCUT2D eigenvalue weighted by atomic mass is 79.9. The Hall–Kier alpha value is -1.07. The fourth-order valence-corrected chi connectivity index (χ4v) is 2.85.